The van der Waals surface area contributed by atoms with Crippen molar-refractivity contribution in [2.24, 2.45) is 5.92 Å². The number of carboxylic acid groups (broad SMARTS) is 1. The summed E-state index contributed by atoms with van der Waals surface area (Å²) < 4.78 is 63.2. The highest BCUT2D eigenvalue weighted by atomic mass is 32.2. The van der Waals surface area contributed by atoms with Gasteiger partial charge in [-0.1, -0.05) is 57.2 Å². The van der Waals surface area contributed by atoms with Gasteiger partial charge in [0.25, 0.3) is 0 Å². The van der Waals surface area contributed by atoms with E-state index < -0.39 is 36.8 Å². The van der Waals surface area contributed by atoms with Crippen LogP contribution in [0.4, 0.5) is 22.0 Å². The van der Waals surface area contributed by atoms with E-state index in [9.17, 15) is 42.1 Å². The molecular weight excluding hydrogens is 551 g/mol. The second-order valence-electron chi connectivity index (χ2n) is 11.0. The number of hydrogen-bond acceptors (Lipinski definition) is 4. The number of hydrogen-bond donors (Lipinski definition) is 3. The fraction of sp³-hybridized carbons (Fsp3) is 0.567. The Kier molecular flexibility index (Phi) is 10.8. The molecule has 1 heterocycles. The lowest BCUT2D eigenvalue weighted by Crippen LogP contribution is -2.36. The Balaban J connectivity index is 1.50. The van der Waals surface area contributed by atoms with Crippen LogP contribution in [-0.2, 0) is 10.2 Å². The summed E-state index contributed by atoms with van der Waals surface area (Å²) in [5.74, 6) is -5.43. The first-order chi connectivity index (χ1) is 18.7. The minimum absolute atomic E-state index is 0.181. The van der Waals surface area contributed by atoms with E-state index in [0.29, 0.717) is 6.42 Å². The lowest BCUT2D eigenvalue weighted by molar-refractivity contribution is -0.284. The molecular formula is C30H37F5O4S. The molecule has 40 heavy (non-hydrogen) atoms. The molecule has 1 aliphatic heterocycles. The van der Waals surface area contributed by atoms with Crippen LogP contribution in [0.25, 0.3) is 0 Å². The fourth-order valence-corrected chi connectivity index (χ4v) is 6.99. The van der Waals surface area contributed by atoms with E-state index >= 15 is 0 Å². The van der Waals surface area contributed by atoms with Crippen molar-refractivity contribution in [3.05, 3.63) is 53.6 Å². The standard InChI is InChI=1S/C30H37F5O4S/c1-28(21-11-13-22(36)14-12-21)19-40-26-18-23(37)15-16-24(26)25(28)10-6-4-2-3-5-8-20(27(38)39)9-7-17-29(31,32)30(33,34)35/h11-16,18,20,25,36-37H,2-10,17,19H2,1H3,(H,38,39)/t20?,25-,28-/m1/s1. The third kappa shape index (κ3) is 8.04. The number of phenols is 2. The van der Waals surface area contributed by atoms with E-state index in [-0.39, 0.29) is 35.7 Å². The quantitative estimate of drug-likeness (QED) is 0.152. The van der Waals surface area contributed by atoms with Crippen LogP contribution in [0.1, 0.15) is 88.2 Å². The number of halogens is 5. The number of carboxylic acids is 1. The topological polar surface area (TPSA) is 77.8 Å². The van der Waals surface area contributed by atoms with E-state index in [2.05, 4.69) is 6.92 Å². The Morgan fingerprint density at radius 3 is 2.17 bits per heavy atom. The van der Waals surface area contributed by atoms with Gasteiger partial charge in [0, 0.05) is 22.5 Å². The van der Waals surface area contributed by atoms with E-state index in [1.165, 1.54) is 5.56 Å². The molecule has 222 valence electrons. The smallest absolute Gasteiger partial charge is 0.453 e. The maximum absolute atomic E-state index is 13.1. The Morgan fingerprint density at radius 1 is 0.925 bits per heavy atom. The molecule has 1 unspecified atom stereocenters. The third-order valence-corrected chi connectivity index (χ3v) is 9.46. The summed E-state index contributed by atoms with van der Waals surface area (Å²) in [5.41, 5.74) is 2.14. The molecule has 0 saturated carbocycles. The first-order valence-corrected chi connectivity index (χ1v) is 14.7. The van der Waals surface area contributed by atoms with E-state index in [0.717, 1.165) is 48.3 Å². The number of alkyl halides is 5. The monoisotopic (exact) mass is 588 g/mol. The van der Waals surface area contributed by atoms with Gasteiger partial charge in [0.05, 0.1) is 5.92 Å². The first kappa shape index (κ1) is 32.0. The summed E-state index contributed by atoms with van der Waals surface area (Å²) in [6.07, 6.45) is -2.53. The zero-order chi connectivity index (χ0) is 29.6. The van der Waals surface area contributed by atoms with Crippen molar-refractivity contribution < 1.29 is 42.1 Å². The summed E-state index contributed by atoms with van der Waals surface area (Å²) in [7, 11) is 0. The summed E-state index contributed by atoms with van der Waals surface area (Å²) in [6.45, 7) is 2.23. The normalized spacial score (nSPS) is 20.2. The number of rotatable bonds is 14. The zero-order valence-corrected chi connectivity index (χ0v) is 23.3. The van der Waals surface area contributed by atoms with Gasteiger partial charge in [-0.3, -0.25) is 4.79 Å². The lowest BCUT2D eigenvalue weighted by Gasteiger charge is -2.43. The van der Waals surface area contributed by atoms with Crippen LogP contribution < -0.4 is 0 Å². The Labute approximate surface area is 236 Å². The molecule has 3 atom stereocenters. The molecule has 0 saturated heterocycles. The number of thioether (sulfide) groups is 1. The van der Waals surface area contributed by atoms with Gasteiger partial charge in [-0.2, -0.15) is 22.0 Å². The summed E-state index contributed by atoms with van der Waals surface area (Å²) >= 11 is 1.71. The highest BCUT2D eigenvalue weighted by molar-refractivity contribution is 7.99. The number of aliphatic carboxylic acids is 1. The van der Waals surface area contributed by atoms with Gasteiger partial charge in [0.15, 0.2) is 0 Å². The summed E-state index contributed by atoms with van der Waals surface area (Å²) in [6, 6.07) is 12.8. The highest BCUT2D eigenvalue weighted by Gasteiger charge is 2.56. The molecule has 2 aromatic carbocycles. The Morgan fingerprint density at radius 2 is 1.52 bits per heavy atom. The van der Waals surface area contributed by atoms with E-state index in [4.69, 9.17) is 0 Å². The van der Waals surface area contributed by atoms with Crippen molar-refractivity contribution in [2.75, 3.05) is 5.75 Å². The molecule has 0 radical (unpaired) electrons. The van der Waals surface area contributed by atoms with Crippen molar-refractivity contribution in [1.82, 2.24) is 0 Å². The van der Waals surface area contributed by atoms with Crippen LogP contribution in [-0.4, -0.2) is 39.1 Å². The van der Waals surface area contributed by atoms with Crippen LogP contribution in [0.15, 0.2) is 47.4 Å². The number of phenolic OH excluding ortho intramolecular Hbond substituents is 2. The maximum Gasteiger partial charge on any atom is 0.453 e. The van der Waals surface area contributed by atoms with Crippen molar-refractivity contribution in [3.8, 4) is 11.5 Å². The van der Waals surface area contributed by atoms with E-state index in [1.54, 1.807) is 36.0 Å². The fourth-order valence-electron chi connectivity index (χ4n) is 5.58. The number of aromatic hydroxyl groups is 2. The molecule has 0 amide bonds. The Bertz CT molecular complexity index is 1120. The predicted molar refractivity (Wildman–Crippen MR) is 145 cm³/mol. The molecule has 4 nitrogen and oxygen atoms in total. The number of fused-ring (bicyclic) bond motifs is 1. The highest BCUT2D eigenvalue weighted by Crippen LogP contribution is 2.52. The van der Waals surface area contributed by atoms with E-state index in [1.807, 2.05) is 18.2 Å². The van der Waals surface area contributed by atoms with Crippen LogP contribution in [0.2, 0.25) is 0 Å². The molecule has 0 aliphatic carbocycles. The van der Waals surface area contributed by atoms with Crippen molar-refractivity contribution in [2.45, 2.75) is 99.5 Å². The molecule has 2 aromatic rings. The van der Waals surface area contributed by atoms with Gasteiger partial charge in [0.1, 0.15) is 11.5 Å². The van der Waals surface area contributed by atoms with Crippen molar-refractivity contribution in [3.63, 3.8) is 0 Å². The zero-order valence-electron chi connectivity index (χ0n) is 22.5. The second kappa shape index (κ2) is 13.4. The average molecular weight is 589 g/mol. The SMILES string of the molecule is C[C@]1(c2ccc(O)cc2)CSc2cc(O)ccc2[C@H]1CCCCCCCC(CCCC(F)(F)C(F)(F)F)C(=O)O. The molecule has 0 spiro atoms. The molecule has 0 fully saturated rings. The van der Waals surface area contributed by atoms with Crippen molar-refractivity contribution >= 4 is 17.7 Å². The summed E-state index contributed by atoms with van der Waals surface area (Å²) in [4.78, 5) is 12.5. The number of unbranched alkanes of at least 4 members (excludes halogenated alkanes) is 4. The summed E-state index contributed by atoms with van der Waals surface area (Å²) in [5, 5.41) is 29.1. The van der Waals surface area contributed by atoms with Gasteiger partial charge < -0.3 is 15.3 Å². The lowest BCUT2D eigenvalue weighted by atomic mass is 9.68. The van der Waals surface area contributed by atoms with Gasteiger partial charge in [0.2, 0.25) is 0 Å². The minimum Gasteiger partial charge on any atom is -0.508 e. The van der Waals surface area contributed by atoms with Gasteiger partial charge in [-0.25, -0.2) is 0 Å². The first-order valence-electron chi connectivity index (χ1n) is 13.7. The van der Waals surface area contributed by atoms with Crippen LogP contribution in [0, 0.1) is 5.92 Å². The van der Waals surface area contributed by atoms with Crippen LogP contribution in [0.5, 0.6) is 11.5 Å². The maximum atomic E-state index is 13.1. The molecule has 0 aromatic heterocycles. The van der Waals surface area contributed by atoms with Crippen LogP contribution >= 0.6 is 11.8 Å². The van der Waals surface area contributed by atoms with Gasteiger partial charge in [-0.05, 0) is 67.0 Å². The third-order valence-electron chi connectivity index (χ3n) is 8.05. The van der Waals surface area contributed by atoms with Crippen LogP contribution in [0.3, 0.4) is 0 Å². The molecule has 0 bridgehead atoms. The predicted octanol–water partition coefficient (Wildman–Crippen LogP) is 9.04. The largest absolute Gasteiger partial charge is 0.508 e. The average Bonchev–Trinajstić information content (AvgIpc) is 2.87. The van der Waals surface area contributed by atoms with Gasteiger partial charge in [-0.15, -0.1) is 11.8 Å². The van der Waals surface area contributed by atoms with Gasteiger partial charge >= 0.3 is 18.1 Å². The molecule has 3 rings (SSSR count). The minimum atomic E-state index is -5.62. The molecule has 10 heteroatoms. The number of carbonyl (C=O) groups is 1. The van der Waals surface area contributed by atoms with Crippen molar-refractivity contribution in [1.29, 1.82) is 0 Å². The molecule has 3 N–H and O–H groups in total. The second-order valence-corrected chi connectivity index (χ2v) is 12.0. The number of benzene rings is 2. The Hall–Kier alpha value is -2.49. The molecule has 1 aliphatic rings.